The number of fused-ring (bicyclic) bond motifs is 1. The van der Waals surface area contributed by atoms with Crippen molar-refractivity contribution in [2.75, 3.05) is 20.3 Å². The molecule has 1 fully saturated rings. The molecule has 0 radical (unpaired) electrons. The largest absolute Gasteiger partial charge is 0.497 e. The summed E-state index contributed by atoms with van der Waals surface area (Å²) in [6.07, 6.45) is 4.29. The van der Waals surface area contributed by atoms with E-state index < -0.39 is 0 Å². The van der Waals surface area contributed by atoms with Crippen LogP contribution in [-0.2, 0) is 7.05 Å². The Kier molecular flexibility index (Phi) is 6.21. The predicted molar refractivity (Wildman–Crippen MR) is 124 cm³/mol. The molecule has 1 aliphatic heterocycles. The summed E-state index contributed by atoms with van der Waals surface area (Å²) in [6, 6.07) is 14.3. The van der Waals surface area contributed by atoms with E-state index >= 15 is 0 Å². The van der Waals surface area contributed by atoms with E-state index in [0.29, 0.717) is 6.61 Å². The number of hydrogen-bond acceptors (Lipinski definition) is 3. The van der Waals surface area contributed by atoms with Crippen molar-refractivity contribution in [1.82, 2.24) is 9.47 Å². The Morgan fingerprint density at radius 2 is 1.81 bits per heavy atom. The van der Waals surface area contributed by atoms with Crippen LogP contribution in [0.2, 0.25) is 0 Å². The fourth-order valence-corrected chi connectivity index (χ4v) is 4.75. The van der Waals surface area contributed by atoms with Crippen LogP contribution in [0.15, 0.2) is 42.5 Å². The van der Waals surface area contributed by atoms with E-state index in [1.807, 2.05) is 51.2 Å². The molecular weight excluding hydrogens is 388 g/mol. The van der Waals surface area contributed by atoms with Crippen LogP contribution in [0.4, 0.5) is 0 Å². The summed E-state index contributed by atoms with van der Waals surface area (Å²) in [6.45, 7) is 5.39. The Bertz CT molecular complexity index is 1070. The zero-order chi connectivity index (χ0) is 22.0. The number of likely N-dealkylation sites (tertiary alicyclic amines) is 1. The van der Waals surface area contributed by atoms with Gasteiger partial charge in [-0.3, -0.25) is 4.79 Å². The van der Waals surface area contributed by atoms with Crippen molar-refractivity contribution in [2.24, 2.45) is 7.05 Å². The lowest BCUT2D eigenvalue weighted by molar-refractivity contribution is 0.0682. The van der Waals surface area contributed by atoms with Crippen molar-refractivity contribution < 1.29 is 14.3 Å². The van der Waals surface area contributed by atoms with Crippen LogP contribution in [0.3, 0.4) is 0 Å². The molecule has 1 aromatic heterocycles. The van der Waals surface area contributed by atoms with Gasteiger partial charge in [0.1, 0.15) is 11.5 Å². The Balaban J connectivity index is 1.77. The van der Waals surface area contributed by atoms with E-state index in [4.69, 9.17) is 9.47 Å². The standard InChI is InChI=1S/C26H32N2O3/c1-5-31-21-14-15-24-22(17-21)25(18(2)27(24)3)26(29)28-16-8-6-7-9-23(28)19-10-12-20(30-4)13-11-19/h10-15,17,23H,5-9,16H2,1-4H3. The molecule has 0 aliphatic carbocycles. The molecule has 2 aromatic carbocycles. The molecule has 2 heterocycles. The Morgan fingerprint density at radius 3 is 2.52 bits per heavy atom. The number of ether oxygens (including phenoxy) is 2. The van der Waals surface area contributed by atoms with Crippen molar-refractivity contribution >= 4 is 16.8 Å². The number of rotatable bonds is 5. The van der Waals surface area contributed by atoms with Crippen molar-refractivity contribution in [3.05, 3.63) is 59.3 Å². The second kappa shape index (κ2) is 9.04. The van der Waals surface area contributed by atoms with Gasteiger partial charge in [0.15, 0.2) is 0 Å². The normalized spacial score (nSPS) is 16.9. The van der Waals surface area contributed by atoms with Crippen LogP contribution in [0.1, 0.15) is 60.3 Å². The molecular formula is C26H32N2O3. The smallest absolute Gasteiger partial charge is 0.256 e. The molecule has 0 saturated carbocycles. The maximum absolute atomic E-state index is 14.0. The molecule has 0 spiro atoms. The second-order valence-electron chi connectivity index (χ2n) is 8.27. The van der Waals surface area contributed by atoms with Crippen molar-refractivity contribution in [2.45, 2.75) is 45.6 Å². The van der Waals surface area contributed by atoms with Gasteiger partial charge in [0.25, 0.3) is 5.91 Å². The van der Waals surface area contributed by atoms with Crippen LogP contribution < -0.4 is 9.47 Å². The third-order valence-electron chi connectivity index (χ3n) is 6.50. The number of aromatic nitrogens is 1. The molecule has 31 heavy (non-hydrogen) atoms. The van der Waals surface area contributed by atoms with Gasteiger partial charge in [0, 0.05) is 30.2 Å². The van der Waals surface area contributed by atoms with Crippen molar-refractivity contribution in [3.8, 4) is 11.5 Å². The zero-order valence-corrected chi connectivity index (χ0v) is 19.0. The van der Waals surface area contributed by atoms with Gasteiger partial charge in [0.05, 0.1) is 25.3 Å². The summed E-state index contributed by atoms with van der Waals surface area (Å²) in [5.74, 6) is 1.75. The van der Waals surface area contributed by atoms with Crippen LogP contribution >= 0.6 is 0 Å². The van der Waals surface area contributed by atoms with Crippen LogP contribution in [-0.4, -0.2) is 35.6 Å². The number of methoxy groups -OCH3 is 1. The SMILES string of the molecule is CCOc1ccc2c(c1)c(C(=O)N1CCCCCC1c1ccc(OC)cc1)c(C)n2C. The Morgan fingerprint density at radius 1 is 1.06 bits per heavy atom. The third-order valence-corrected chi connectivity index (χ3v) is 6.50. The van der Waals surface area contributed by atoms with E-state index in [1.54, 1.807) is 7.11 Å². The topological polar surface area (TPSA) is 43.7 Å². The van der Waals surface area contributed by atoms with Gasteiger partial charge in [-0.15, -0.1) is 0 Å². The van der Waals surface area contributed by atoms with Gasteiger partial charge >= 0.3 is 0 Å². The maximum atomic E-state index is 14.0. The highest BCUT2D eigenvalue weighted by atomic mass is 16.5. The fraction of sp³-hybridized carbons (Fsp3) is 0.423. The van der Waals surface area contributed by atoms with Crippen molar-refractivity contribution in [1.29, 1.82) is 0 Å². The highest BCUT2D eigenvalue weighted by Crippen LogP contribution is 2.35. The molecule has 3 aromatic rings. The summed E-state index contributed by atoms with van der Waals surface area (Å²) >= 11 is 0. The van der Waals surface area contributed by atoms with Crippen molar-refractivity contribution in [3.63, 3.8) is 0 Å². The first-order chi connectivity index (χ1) is 15.0. The molecule has 1 saturated heterocycles. The van der Waals surface area contributed by atoms with Crippen LogP contribution in [0.25, 0.3) is 10.9 Å². The van der Waals surface area contributed by atoms with E-state index in [-0.39, 0.29) is 11.9 Å². The van der Waals surface area contributed by atoms with E-state index in [0.717, 1.165) is 65.9 Å². The van der Waals surface area contributed by atoms with Gasteiger partial charge < -0.3 is 18.9 Å². The molecule has 0 N–H and O–H groups in total. The monoisotopic (exact) mass is 420 g/mol. The molecule has 1 amide bonds. The minimum absolute atomic E-state index is 0.0747. The zero-order valence-electron chi connectivity index (χ0n) is 19.0. The highest BCUT2D eigenvalue weighted by Gasteiger charge is 2.31. The lowest BCUT2D eigenvalue weighted by Crippen LogP contribution is -2.35. The van der Waals surface area contributed by atoms with Gasteiger partial charge in [0.2, 0.25) is 0 Å². The van der Waals surface area contributed by atoms with Gasteiger partial charge in [-0.05, 0) is 62.6 Å². The van der Waals surface area contributed by atoms with Crippen LogP contribution in [0, 0.1) is 6.92 Å². The predicted octanol–water partition coefficient (Wildman–Crippen LogP) is 5.65. The molecule has 5 nitrogen and oxygen atoms in total. The number of benzene rings is 2. The number of carbonyl (C=O) groups excluding carboxylic acids is 1. The average molecular weight is 421 g/mol. The van der Waals surface area contributed by atoms with E-state index in [2.05, 4.69) is 21.6 Å². The molecule has 4 rings (SSSR count). The first kappa shape index (κ1) is 21.3. The van der Waals surface area contributed by atoms with Gasteiger partial charge in [-0.1, -0.05) is 25.0 Å². The molecule has 0 bridgehead atoms. The molecule has 164 valence electrons. The van der Waals surface area contributed by atoms with Gasteiger partial charge in [-0.2, -0.15) is 0 Å². The summed E-state index contributed by atoms with van der Waals surface area (Å²) < 4.78 is 13.2. The number of carbonyl (C=O) groups is 1. The van der Waals surface area contributed by atoms with Crippen LogP contribution in [0.5, 0.6) is 11.5 Å². The van der Waals surface area contributed by atoms with Gasteiger partial charge in [-0.25, -0.2) is 0 Å². The maximum Gasteiger partial charge on any atom is 0.256 e. The Labute approximate surface area is 184 Å². The highest BCUT2D eigenvalue weighted by molar-refractivity contribution is 6.09. The number of hydrogen-bond donors (Lipinski definition) is 0. The first-order valence-electron chi connectivity index (χ1n) is 11.2. The second-order valence-corrected chi connectivity index (χ2v) is 8.27. The lowest BCUT2D eigenvalue weighted by atomic mass is 9.99. The van der Waals surface area contributed by atoms with E-state index in [1.165, 1.54) is 5.56 Å². The lowest BCUT2D eigenvalue weighted by Gasteiger charge is -2.31. The number of amides is 1. The number of nitrogens with zero attached hydrogens (tertiary/aromatic N) is 2. The third kappa shape index (κ3) is 4.01. The number of aryl methyl sites for hydroxylation is 1. The molecule has 1 aliphatic rings. The Hall–Kier alpha value is -2.95. The molecule has 1 atom stereocenters. The van der Waals surface area contributed by atoms with E-state index in [9.17, 15) is 4.79 Å². The quantitative estimate of drug-likeness (QED) is 0.536. The molecule has 1 unspecified atom stereocenters. The first-order valence-corrected chi connectivity index (χ1v) is 11.2. The average Bonchev–Trinajstić information content (AvgIpc) is 2.94. The summed E-state index contributed by atoms with van der Waals surface area (Å²) in [5, 5.41) is 0.966. The summed E-state index contributed by atoms with van der Waals surface area (Å²) in [5.41, 5.74) is 4.01. The minimum Gasteiger partial charge on any atom is -0.497 e. The summed E-state index contributed by atoms with van der Waals surface area (Å²) in [7, 11) is 3.70. The molecule has 5 heteroatoms. The summed E-state index contributed by atoms with van der Waals surface area (Å²) in [4.78, 5) is 16.1. The fourth-order valence-electron chi connectivity index (χ4n) is 4.75. The minimum atomic E-state index is 0.0747.